The highest BCUT2D eigenvalue weighted by molar-refractivity contribution is 7.99. The molecule has 1 aromatic carbocycles. The summed E-state index contributed by atoms with van der Waals surface area (Å²) >= 11 is 1.74. The molecule has 0 amide bonds. The summed E-state index contributed by atoms with van der Waals surface area (Å²) in [6.45, 7) is 13.5. The summed E-state index contributed by atoms with van der Waals surface area (Å²) in [5.41, 5.74) is 2.19. The van der Waals surface area contributed by atoms with Crippen LogP contribution in [0, 0.1) is 6.92 Å². The van der Waals surface area contributed by atoms with Crippen LogP contribution in [0.4, 0.5) is 0 Å². The molecule has 0 saturated carbocycles. The molecule has 0 spiro atoms. The topological polar surface area (TPSA) is 22.1 Å². The van der Waals surface area contributed by atoms with E-state index in [0.717, 1.165) is 5.69 Å². The van der Waals surface area contributed by atoms with Crippen molar-refractivity contribution in [1.82, 2.24) is 4.98 Å². The van der Waals surface area contributed by atoms with E-state index in [-0.39, 0.29) is 10.5 Å². The minimum Gasteiger partial charge on any atom is -0.400 e. The van der Waals surface area contributed by atoms with Crippen molar-refractivity contribution >= 4 is 20.1 Å². The van der Waals surface area contributed by atoms with Crippen molar-refractivity contribution in [1.29, 1.82) is 0 Å². The molecule has 0 aliphatic carbocycles. The van der Waals surface area contributed by atoms with Gasteiger partial charge in [-0.3, -0.25) is 4.98 Å². The molecule has 1 aromatic heterocycles. The third-order valence-electron chi connectivity index (χ3n) is 4.40. The molecule has 0 radical (unpaired) electrons. The maximum absolute atomic E-state index is 6.66. The van der Waals surface area contributed by atoms with Crippen LogP contribution in [0.3, 0.4) is 0 Å². The number of aryl methyl sites for hydroxylation is 1. The Morgan fingerprint density at radius 1 is 1.04 bits per heavy atom. The largest absolute Gasteiger partial charge is 0.400 e. The number of thioether (sulfide) groups is 1. The molecule has 0 aliphatic rings. The van der Waals surface area contributed by atoms with Gasteiger partial charge in [-0.25, -0.2) is 0 Å². The first kappa shape index (κ1) is 18.2. The lowest BCUT2D eigenvalue weighted by molar-refractivity contribution is 0.262. The average Bonchev–Trinajstić information content (AvgIpc) is 2.48. The molecule has 0 bridgehead atoms. The van der Waals surface area contributed by atoms with Gasteiger partial charge < -0.3 is 4.43 Å². The zero-order valence-corrected chi connectivity index (χ0v) is 16.8. The first-order chi connectivity index (χ1) is 10.7. The number of benzene rings is 1. The molecule has 0 N–H and O–H groups in total. The number of hydrogen-bond acceptors (Lipinski definition) is 3. The Kier molecular flexibility index (Phi) is 5.71. The van der Waals surface area contributed by atoms with Crippen LogP contribution in [0.15, 0.2) is 53.6 Å². The SMILES string of the molecule is Cc1ccc(SC(O[Si](C)(C)C(C)(C)C)c2ccccn2)cc1. The summed E-state index contributed by atoms with van der Waals surface area (Å²) in [7, 11) is -1.88. The van der Waals surface area contributed by atoms with Gasteiger partial charge in [-0.1, -0.05) is 56.3 Å². The molecule has 0 fully saturated rings. The zero-order valence-electron chi connectivity index (χ0n) is 15.0. The predicted octanol–water partition coefficient (Wildman–Crippen LogP) is 6.20. The molecule has 124 valence electrons. The van der Waals surface area contributed by atoms with Gasteiger partial charge in [0.15, 0.2) is 8.32 Å². The summed E-state index contributed by atoms with van der Waals surface area (Å²) in [6, 6.07) is 14.6. The van der Waals surface area contributed by atoms with Crippen LogP contribution in [0.5, 0.6) is 0 Å². The van der Waals surface area contributed by atoms with Gasteiger partial charge in [0.1, 0.15) is 5.44 Å². The van der Waals surface area contributed by atoms with Crippen molar-refractivity contribution in [2.75, 3.05) is 0 Å². The number of hydrogen-bond donors (Lipinski definition) is 0. The van der Waals surface area contributed by atoms with Crippen molar-refractivity contribution in [3.8, 4) is 0 Å². The molecule has 23 heavy (non-hydrogen) atoms. The fraction of sp³-hybridized carbons (Fsp3) is 0.421. The third kappa shape index (κ3) is 4.93. The Bertz CT molecular complexity index is 620. The highest BCUT2D eigenvalue weighted by Gasteiger charge is 2.40. The smallest absolute Gasteiger partial charge is 0.194 e. The van der Waals surface area contributed by atoms with Gasteiger partial charge in [-0.15, -0.1) is 0 Å². The Labute approximate surface area is 145 Å². The van der Waals surface area contributed by atoms with Gasteiger partial charge in [0.2, 0.25) is 0 Å². The van der Waals surface area contributed by atoms with Crippen molar-refractivity contribution < 1.29 is 4.43 Å². The summed E-state index contributed by atoms with van der Waals surface area (Å²) in [5, 5.41) is 0.174. The first-order valence-corrected chi connectivity index (χ1v) is 11.8. The summed E-state index contributed by atoms with van der Waals surface area (Å²) in [4.78, 5) is 5.75. The lowest BCUT2D eigenvalue weighted by Gasteiger charge is -2.38. The minimum absolute atomic E-state index is 0.0696. The fourth-order valence-corrected chi connectivity index (χ4v) is 4.57. The molecule has 1 heterocycles. The van der Waals surface area contributed by atoms with Crippen LogP contribution in [-0.2, 0) is 4.43 Å². The van der Waals surface area contributed by atoms with E-state index in [0.29, 0.717) is 0 Å². The highest BCUT2D eigenvalue weighted by Crippen LogP contribution is 2.44. The van der Waals surface area contributed by atoms with Crippen LogP contribution in [0.1, 0.15) is 37.5 Å². The van der Waals surface area contributed by atoms with Gasteiger partial charge in [0, 0.05) is 11.1 Å². The summed E-state index contributed by atoms with van der Waals surface area (Å²) < 4.78 is 6.66. The Balaban J connectivity index is 2.27. The van der Waals surface area contributed by atoms with Crippen molar-refractivity contribution in [3.05, 3.63) is 59.9 Å². The van der Waals surface area contributed by atoms with E-state index in [1.54, 1.807) is 11.8 Å². The number of pyridine rings is 1. The molecular formula is C19H27NOSSi. The minimum atomic E-state index is -1.88. The molecule has 0 aliphatic heterocycles. The molecular weight excluding hydrogens is 318 g/mol. The molecule has 0 saturated heterocycles. The van der Waals surface area contributed by atoms with Crippen molar-refractivity contribution in [3.63, 3.8) is 0 Å². The molecule has 1 atom stereocenters. The monoisotopic (exact) mass is 345 g/mol. The summed E-state index contributed by atoms with van der Waals surface area (Å²) in [5.74, 6) is 0. The maximum atomic E-state index is 6.66. The van der Waals surface area contributed by atoms with E-state index in [9.17, 15) is 0 Å². The lowest BCUT2D eigenvalue weighted by atomic mass is 10.2. The van der Waals surface area contributed by atoms with Gasteiger partial charge >= 0.3 is 0 Å². The molecule has 2 rings (SSSR count). The standard InChI is InChI=1S/C19H27NOSSi/c1-15-10-12-16(13-11-15)22-18(17-9-7-8-14-20-17)21-23(5,6)19(2,3)4/h7-14,18H,1-6H3. The number of nitrogens with zero attached hydrogens (tertiary/aromatic N) is 1. The van der Waals surface area contributed by atoms with Gasteiger partial charge in [0.05, 0.1) is 5.69 Å². The Morgan fingerprint density at radius 2 is 1.70 bits per heavy atom. The third-order valence-corrected chi connectivity index (χ3v) is 10.1. The normalized spacial score (nSPS) is 13.8. The molecule has 4 heteroatoms. The number of rotatable bonds is 5. The molecule has 1 unspecified atom stereocenters. The first-order valence-electron chi connectivity index (χ1n) is 8.01. The number of aromatic nitrogens is 1. The van der Waals surface area contributed by atoms with E-state index in [2.05, 4.69) is 76.1 Å². The van der Waals surface area contributed by atoms with Crippen LogP contribution in [0.25, 0.3) is 0 Å². The van der Waals surface area contributed by atoms with Crippen molar-refractivity contribution in [2.24, 2.45) is 0 Å². The summed E-state index contributed by atoms with van der Waals surface area (Å²) in [6.07, 6.45) is 1.84. The Hall–Kier alpha value is -1.10. The lowest BCUT2D eigenvalue weighted by Crippen LogP contribution is -2.41. The molecule has 2 aromatic rings. The van der Waals surface area contributed by atoms with Crippen LogP contribution in [-0.4, -0.2) is 13.3 Å². The highest BCUT2D eigenvalue weighted by atomic mass is 32.2. The van der Waals surface area contributed by atoms with E-state index < -0.39 is 8.32 Å². The van der Waals surface area contributed by atoms with Crippen LogP contribution in [0.2, 0.25) is 18.1 Å². The Morgan fingerprint density at radius 3 is 2.22 bits per heavy atom. The zero-order chi connectivity index (χ0) is 17.1. The second-order valence-electron chi connectivity index (χ2n) is 7.40. The second kappa shape index (κ2) is 7.20. The van der Waals surface area contributed by atoms with E-state index in [1.165, 1.54) is 10.5 Å². The van der Waals surface area contributed by atoms with Crippen LogP contribution < -0.4 is 0 Å². The van der Waals surface area contributed by atoms with E-state index in [4.69, 9.17) is 4.43 Å². The van der Waals surface area contributed by atoms with Crippen LogP contribution >= 0.6 is 11.8 Å². The van der Waals surface area contributed by atoms with Gasteiger partial charge in [-0.05, 0) is 49.3 Å². The fourth-order valence-electron chi connectivity index (χ4n) is 1.85. The quantitative estimate of drug-likeness (QED) is 0.366. The maximum Gasteiger partial charge on any atom is 0.194 e. The second-order valence-corrected chi connectivity index (χ2v) is 13.3. The van der Waals surface area contributed by atoms with E-state index in [1.807, 2.05) is 18.3 Å². The average molecular weight is 346 g/mol. The molecule has 2 nitrogen and oxygen atoms in total. The predicted molar refractivity (Wildman–Crippen MR) is 102 cm³/mol. The van der Waals surface area contributed by atoms with E-state index >= 15 is 0 Å². The van der Waals surface area contributed by atoms with Gasteiger partial charge in [-0.2, -0.15) is 0 Å². The van der Waals surface area contributed by atoms with Crippen molar-refractivity contribution in [2.45, 2.75) is 56.2 Å². The van der Waals surface area contributed by atoms with Gasteiger partial charge in [0.25, 0.3) is 0 Å².